The molecule has 1 aliphatic heterocycles. The molecule has 2 heterocycles. The van der Waals surface area contributed by atoms with E-state index in [0.29, 0.717) is 30.1 Å². The standard InChI is InChI=1S/C17H18N4O3S/c1-21-15(22)7-6-14(20-21)16(23)19-17-18-10-13(25-17)9-11-4-3-5-12(8-11)24-2/h3-5,8,10H,6-7,9H2,1-2H3,(H,18,19,23). The van der Waals surface area contributed by atoms with Gasteiger partial charge in [-0.25, -0.2) is 9.99 Å². The number of hydrazone groups is 1. The average Bonchev–Trinajstić information content (AvgIpc) is 3.04. The number of rotatable bonds is 5. The van der Waals surface area contributed by atoms with E-state index in [0.717, 1.165) is 16.2 Å². The van der Waals surface area contributed by atoms with Crippen molar-refractivity contribution in [3.8, 4) is 5.75 Å². The van der Waals surface area contributed by atoms with Gasteiger partial charge < -0.3 is 4.74 Å². The maximum Gasteiger partial charge on any atom is 0.273 e. The number of carbonyl (C=O) groups is 2. The van der Waals surface area contributed by atoms with Crippen LogP contribution in [-0.4, -0.2) is 41.7 Å². The normalized spacial score (nSPS) is 14.2. The van der Waals surface area contributed by atoms with Crippen molar-refractivity contribution in [3.63, 3.8) is 0 Å². The van der Waals surface area contributed by atoms with Crippen LogP contribution in [0.2, 0.25) is 0 Å². The van der Waals surface area contributed by atoms with E-state index in [4.69, 9.17) is 4.74 Å². The molecule has 2 amide bonds. The molecular weight excluding hydrogens is 340 g/mol. The lowest BCUT2D eigenvalue weighted by atomic mass is 10.1. The molecule has 1 aromatic heterocycles. The maximum absolute atomic E-state index is 12.2. The fourth-order valence-corrected chi connectivity index (χ4v) is 3.27. The molecule has 0 atom stereocenters. The second-order valence-corrected chi connectivity index (χ2v) is 6.69. The molecule has 0 bridgehead atoms. The van der Waals surface area contributed by atoms with Gasteiger partial charge in [0.1, 0.15) is 11.5 Å². The summed E-state index contributed by atoms with van der Waals surface area (Å²) in [5, 5.41) is 8.48. The third-order valence-electron chi connectivity index (χ3n) is 3.76. The van der Waals surface area contributed by atoms with E-state index in [1.165, 1.54) is 16.3 Å². The van der Waals surface area contributed by atoms with Crippen molar-refractivity contribution < 1.29 is 14.3 Å². The van der Waals surface area contributed by atoms with Crippen LogP contribution in [-0.2, 0) is 16.0 Å². The number of benzene rings is 1. The number of amides is 2. The average molecular weight is 358 g/mol. The molecule has 1 N–H and O–H groups in total. The van der Waals surface area contributed by atoms with E-state index in [1.807, 2.05) is 24.3 Å². The molecule has 130 valence electrons. The number of hydrogen-bond acceptors (Lipinski definition) is 6. The first-order chi connectivity index (χ1) is 12.0. The third kappa shape index (κ3) is 4.21. The van der Waals surface area contributed by atoms with Crippen LogP contribution < -0.4 is 10.1 Å². The molecular formula is C17H18N4O3S. The highest BCUT2D eigenvalue weighted by Crippen LogP contribution is 2.23. The first-order valence-corrected chi connectivity index (χ1v) is 8.60. The van der Waals surface area contributed by atoms with E-state index >= 15 is 0 Å². The van der Waals surface area contributed by atoms with Crippen molar-refractivity contribution in [3.05, 3.63) is 40.9 Å². The van der Waals surface area contributed by atoms with E-state index in [9.17, 15) is 9.59 Å². The van der Waals surface area contributed by atoms with Crippen LogP contribution in [0.15, 0.2) is 35.6 Å². The minimum atomic E-state index is -0.318. The van der Waals surface area contributed by atoms with Gasteiger partial charge in [-0.1, -0.05) is 12.1 Å². The monoisotopic (exact) mass is 358 g/mol. The summed E-state index contributed by atoms with van der Waals surface area (Å²) in [6.45, 7) is 0. The molecule has 3 rings (SSSR count). The number of nitrogens with one attached hydrogen (secondary N) is 1. The largest absolute Gasteiger partial charge is 0.497 e. The number of aromatic nitrogens is 1. The highest BCUT2D eigenvalue weighted by Gasteiger charge is 2.22. The fourth-order valence-electron chi connectivity index (χ4n) is 2.43. The Morgan fingerprint density at radius 1 is 1.40 bits per heavy atom. The molecule has 2 aromatic rings. The molecule has 0 saturated carbocycles. The predicted octanol–water partition coefficient (Wildman–Crippen LogP) is 2.29. The van der Waals surface area contributed by atoms with Crippen LogP contribution in [0.3, 0.4) is 0 Å². The number of methoxy groups -OCH3 is 1. The zero-order chi connectivity index (χ0) is 17.8. The predicted molar refractivity (Wildman–Crippen MR) is 96.0 cm³/mol. The molecule has 7 nitrogen and oxygen atoms in total. The summed E-state index contributed by atoms with van der Waals surface area (Å²) in [6, 6.07) is 7.83. The summed E-state index contributed by atoms with van der Waals surface area (Å²) in [5.41, 5.74) is 1.45. The molecule has 0 unspecified atom stereocenters. The summed E-state index contributed by atoms with van der Waals surface area (Å²) < 4.78 is 5.22. The van der Waals surface area contributed by atoms with Gasteiger partial charge in [-0.05, 0) is 17.7 Å². The molecule has 1 aliphatic rings. The van der Waals surface area contributed by atoms with Gasteiger partial charge >= 0.3 is 0 Å². The highest BCUT2D eigenvalue weighted by atomic mass is 32.1. The van der Waals surface area contributed by atoms with Crippen LogP contribution >= 0.6 is 11.3 Å². The van der Waals surface area contributed by atoms with Crippen molar-refractivity contribution in [2.75, 3.05) is 19.5 Å². The Hall–Kier alpha value is -2.74. The summed E-state index contributed by atoms with van der Waals surface area (Å²) in [4.78, 5) is 28.9. The molecule has 0 radical (unpaired) electrons. The zero-order valence-electron chi connectivity index (χ0n) is 14.0. The first-order valence-electron chi connectivity index (χ1n) is 7.78. The summed E-state index contributed by atoms with van der Waals surface area (Å²) in [5.74, 6) is 0.400. The Morgan fingerprint density at radius 2 is 2.24 bits per heavy atom. The Morgan fingerprint density at radius 3 is 3.00 bits per heavy atom. The number of thiazole rings is 1. The topological polar surface area (TPSA) is 83.9 Å². The lowest BCUT2D eigenvalue weighted by Gasteiger charge is -2.18. The summed E-state index contributed by atoms with van der Waals surface area (Å²) in [6.07, 6.45) is 3.10. The van der Waals surface area contributed by atoms with E-state index in [-0.39, 0.29) is 11.8 Å². The van der Waals surface area contributed by atoms with Crippen molar-refractivity contribution in [2.24, 2.45) is 5.10 Å². The van der Waals surface area contributed by atoms with Crippen LogP contribution in [0.4, 0.5) is 5.13 Å². The van der Waals surface area contributed by atoms with Gasteiger partial charge in [0.2, 0.25) is 5.91 Å². The van der Waals surface area contributed by atoms with Crippen molar-refractivity contribution >= 4 is 34.0 Å². The Bertz CT molecular complexity index is 831. The Kier molecular flexibility index (Phi) is 5.08. The van der Waals surface area contributed by atoms with Gasteiger partial charge in [0.15, 0.2) is 5.13 Å². The summed E-state index contributed by atoms with van der Waals surface area (Å²) >= 11 is 1.42. The van der Waals surface area contributed by atoms with E-state index in [2.05, 4.69) is 15.4 Å². The second kappa shape index (κ2) is 7.43. The third-order valence-corrected chi connectivity index (χ3v) is 4.67. The molecule has 25 heavy (non-hydrogen) atoms. The number of hydrogen-bond donors (Lipinski definition) is 1. The van der Waals surface area contributed by atoms with Gasteiger partial charge in [0.25, 0.3) is 5.91 Å². The maximum atomic E-state index is 12.2. The highest BCUT2D eigenvalue weighted by molar-refractivity contribution is 7.15. The van der Waals surface area contributed by atoms with Gasteiger partial charge in [-0.15, -0.1) is 11.3 Å². The second-order valence-electron chi connectivity index (χ2n) is 5.58. The van der Waals surface area contributed by atoms with Gasteiger partial charge in [-0.2, -0.15) is 5.10 Å². The minimum absolute atomic E-state index is 0.0913. The Labute approximate surface area is 149 Å². The van der Waals surface area contributed by atoms with E-state index in [1.54, 1.807) is 20.4 Å². The molecule has 0 fully saturated rings. The van der Waals surface area contributed by atoms with Crippen LogP contribution in [0.25, 0.3) is 0 Å². The van der Waals surface area contributed by atoms with Gasteiger partial charge in [-0.3, -0.25) is 14.9 Å². The first kappa shape index (κ1) is 17.1. The lowest BCUT2D eigenvalue weighted by Crippen LogP contribution is -2.34. The zero-order valence-corrected chi connectivity index (χ0v) is 14.8. The van der Waals surface area contributed by atoms with E-state index < -0.39 is 0 Å². The van der Waals surface area contributed by atoms with Crippen LogP contribution in [0, 0.1) is 0 Å². The molecule has 8 heteroatoms. The van der Waals surface area contributed by atoms with Crippen LogP contribution in [0.5, 0.6) is 5.75 Å². The SMILES string of the molecule is COc1cccc(Cc2cnc(NC(=O)C3=NN(C)C(=O)CC3)s2)c1. The summed E-state index contributed by atoms with van der Waals surface area (Å²) in [7, 11) is 3.18. The van der Waals surface area contributed by atoms with Gasteiger partial charge in [0, 0.05) is 37.4 Å². The van der Waals surface area contributed by atoms with Crippen molar-refractivity contribution in [2.45, 2.75) is 19.3 Å². The van der Waals surface area contributed by atoms with Crippen molar-refractivity contribution in [1.82, 2.24) is 9.99 Å². The molecule has 0 spiro atoms. The molecule has 0 saturated heterocycles. The number of anilines is 1. The number of nitrogens with zero attached hydrogens (tertiary/aromatic N) is 3. The quantitative estimate of drug-likeness (QED) is 0.889. The lowest BCUT2D eigenvalue weighted by molar-refractivity contribution is -0.130. The van der Waals surface area contributed by atoms with Gasteiger partial charge in [0.05, 0.1) is 7.11 Å². The Balaban J connectivity index is 1.64. The molecule has 1 aromatic carbocycles. The smallest absolute Gasteiger partial charge is 0.273 e. The fraction of sp³-hybridized carbons (Fsp3) is 0.294. The molecule has 0 aliphatic carbocycles. The number of carbonyl (C=O) groups excluding carboxylic acids is 2. The van der Waals surface area contributed by atoms with Crippen molar-refractivity contribution in [1.29, 1.82) is 0 Å². The van der Waals surface area contributed by atoms with Crippen LogP contribution in [0.1, 0.15) is 23.3 Å². The number of ether oxygens (including phenoxy) is 1. The minimum Gasteiger partial charge on any atom is -0.497 e.